The molecule has 2 aromatic rings. The first-order valence-electron chi connectivity index (χ1n) is 6.09. The van der Waals surface area contributed by atoms with Crippen LogP contribution in [0.4, 0.5) is 5.69 Å². The molecule has 0 bridgehead atoms. The molecule has 0 aliphatic carbocycles. The van der Waals surface area contributed by atoms with Crippen molar-refractivity contribution in [3.05, 3.63) is 57.0 Å². The van der Waals surface area contributed by atoms with E-state index in [1.807, 2.05) is 43.3 Å². The normalized spacial score (nSPS) is 10.2. The van der Waals surface area contributed by atoms with Crippen LogP contribution in [-0.4, -0.2) is 12.5 Å². The molecule has 2 rings (SSSR count). The SMILES string of the molecule is CCOc1ccc(NC(=O)c2cc(Br)ccc2Br)cc1. The second-order valence-corrected chi connectivity index (χ2v) is 5.81. The lowest BCUT2D eigenvalue weighted by atomic mass is 10.2. The molecule has 3 nitrogen and oxygen atoms in total. The van der Waals surface area contributed by atoms with Gasteiger partial charge in [-0.05, 0) is 65.3 Å². The van der Waals surface area contributed by atoms with E-state index in [1.54, 1.807) is 6.07 Å². The highest BCUT2D eigenvalue weighted by atomic mass is 79.9. The van der Waals surface area contributed by atoms with Crippen LogP contribution in [0, 0.1) is 0 Å². The molecule has 0 radical (unpaired) electrons. The number of hydrogen-bond donors (Lipinski definition) is 1. The van der Waals surface area contributed by atoms with Crippen molar-refractivity contribution in [2.75, 3.05) is 11.9 Å². The maximum absolute atomic E-state index is 12.2. The minimum Gasteiger partial charge on any atom is -0.494 e. The molecule has 0 unspecified atom stereocenters. The summed E-state index contributed by atoms with van der Waals surface area (Å²) < 4.78 is 6.97. The van der Waals surface area contributed by atoms with Crippen molar-refractivity contribution in [1.29, 1.82) is 0 Å². The minimum absolute atomic E-state index is 0.165. The largest absolute Gasteiger partial charge is 0.494 e. The molecule has 0 saturated heterocycles. The highest BCUT2D eigenvalue weighted by Crippen LogP contribution is 2.23. The highest BCUT2D eigenvalue weighted by Gasteiger charge is 2.10. The van der Waals surface area contributed by atoms with Gasteiger partial charge in [-0.15, -0.1) is 0 Å². The molecule has 0 aliphatic heterocycles. The number of carbonyl (C=O) groups is 1. The van der Waals surface area contributed by atoms with Gasteiger partial charge in [-0.1, -0.05) is 15.9 Å². The maximum atomic E-state index is 12.2. The topological polar surface area (TPSA) is 38.3 Å². The number of anilines is 1. The van der Waals surface area contributed by atoms with Crippen LogP contribution in [0.25, 0.3) is 0 Å². The Morgan fingerprint density at radius 3 is 2.50 bits per heavy atom. The van der Waals surface area contributed by atoms with Gasteiger partial charge >= 0.3 is 0 Å². The summed E-state index contributed by atoms with van der Waals surface area (Å²) >= 11 is 6.73. The van der Waals surface area contributed by atoms with E-state index in [0.29, 0.717) is 12.2 Å². The predicted octanol–water partition coefficient (Wildman–Crippen LogP) is 4.86. The summed E-state index contributed by atoms with van der Waals surface area (Å²) in [4.78, 5) is 12.2. The molecule has 0 heterocycles. The predicted molar refractivity (Wildman–Crippen MR) is 87.4 cm³/mol. The second-order valence-electron chi connectivity index (χ2n) is 4.04. The van der Waals surface area contributed by atoms with E-state index in [1.165, 1.54) is 0 Å². The molecule has 0 fully saturated rings. The Labute approximate surface area is 134 Å². The van der Waals surface area contributed by atoms with Gasteiger partial charge in [0.05, 0.1) is 12.2 Å². The molecular weight excluding hydrogens is 386 g/mol. The van der Waals surface area contributed by atoms with E-state index in [9.17, 15) is 4.79 Å². The van der Waals surface area contributed by atoms with Gasteiger partial charge in [0.25, 0.3) is 5.91 Å². The molecule has 0 aliphatic rings. The summed E-state index contributed by atoms with van der Waals surface area (Å²) in [7, 11) is 0. The Kier molecular flexibility index (Phi) is 5.20. The van der Waals surface area contributed by atoms with Crippen molar-refractivity contribution in [1.82, 2.24) is 0 Å². The third-order valence-electron chi connectivity index (χ3n) is 2.60. The zero-order valence-corrected chi connectivity index (χ0v) is 14.0. The molecule has 1 amide bonds. The fourth-order valence-corrected chi connectivity index (χ4v) is 2.46. The first-order valence-corrected chi connectivity index (χ1v) is 7.68. The third-order valence-corrected chi connectivity index (χ3v) is 3.78. The van der Waals surface area contributed by atoms with Gasteiger partial charge in [0.1, 0.15) is 5.75 Å². The van der Waals surface area contributed by atoms with E-state index in [0.717, 1.165) is 20.4 Å². The Balaban J connectivity index is 2.13. The number of rotatable bonds is 4. The number of ether oxygens (including phenoxy) is 1. The summed E-state index contributed by atoms with van der Waals surface area (Å²) in [6.07, 6.45) is 0. The molecule has 0 spiro atoms. The number of hydrogen-bond acceptors (Lipinski definition) is 2. The second kappa shape index (κ2) is 6.90. The van der Waals surface area contributed by atoms with Crippen LogP contribution in [0.3, 0.4) is 0 Å². The fourth-order valence-electron chi connectivity index (χ4n) is 1.67. The van der Waals surface area contributed by atoms with Crippen LogP contribution in [0.15, 0.2) is 51.4 Å². The van der Waals surface area contributed by atoms with Crippen molar-refractivity contribution >= 4 is 43.5 Å². The van der Waals surface area contributed by atoms with Crippen LogP contribution < -0.4 is 10.1 Å². The monoisotopic (exact) mass is 397 g/mol. The van der Waals surface area contributed by atoms with Gasteiger partial charge < -0.3 is 10.1 Å². The summed E-state index contributed by atoms with van der Waals surface area (Å²) in [5, 5.41) is 2.85. The Bertz CT molecular complexity index is 612. The van der Waals surface area contributed by atoms with Crippen LogP contribution in [-0.2, 0) is 0 Å². The Morgan fingerprint density at radius 1 is 1.15 bits per heavy atom. The number of halogens is 2. The van der Waals surface area contributed by atoms with Crippen molar-refractivity contribution < 1.29 is 9.53 Å². The Morgan fingerprint density at radius 2 is 1.85 bits per heavy atom. The molecule has 2 aromatic carbocycles. The standard InChI is InChI=1S/C15H13Br2NO2/c1-2-20-12-6-4-11(5-7-12)18-15(19)13-9-10(16)3-8-14(13)17/h3-9H,2H2,1H3,(H,18,19). The fraction of sp³-hybridized carbons (Fsp3) is 0.133. The van der Waals surface area contributed by atoms with Gasteiger partial charge in [0.2, 0.25) is 0 Å². The molecule has 104 valence electrons. The summed E-state index contributed by atoms with van der Waals surface area (Å²) in [6.45, 7) is 2.55. The molecule has 20 heavy (non-hydrogen) atoms. The lowest BCUT2D eigenvalue weighted by Crippen LogP contribution is -2.12. The van der Waals surface area contributed by atoms with Crippen molar-refractivity contribution in [3.63, 3.8) is 0 Å². The van der Waals surface area contributed by atoms with Gasteiger partial charge in [-0.25, -0.2) is 0 Å². The average Bonchev–Trinajstić information content (AvgIpc) is 2.44. The minimum atomic E-state index is -0.165. The van der Waals surface area contributed by atoms with E-state index < -0.39 is 0 Å². The van der Waals surface area contributed by atoms with Crippen LogP contribution in [0.1, 0.15) is 17.3 Å². The van der Waals surface area contributed by atoms with Crippen LogP contribution >= 0.6 is 31.9 Å². The van der Waals surface area contributed by atoms with Crippen molar-refractivity contribution in [2.45, 2.75) is 6.92 Å². The molecule has 5 heteroatoms. The van der Waals surface area contributed by atoms with Crippen LogP contribution in [0.2, 0.25) is 0 Å². The van der Waals surface area contributed by atoms with E-state index in [4.69, 9.17) is 4.74 Å². The number of amides is 1. The highest BCUT2D eigenvalue weighted by molar-refractivity contribution is 9.11. The molecular formula is C15H13Br2NO2. The maximum Gasteiger partial charge on any atom is 0.256 e. The van der Waals surface area contributed by atoms with E-state index >= 15 is 0 Å². The summed E-state index contributed by atoms with van der Waals surface area (Å²) in [5.74, 6) is 0.622. The molecule has 0 atom stereocenters. The van der Waals surface area contributed by atoms with Gasteiger partial charge in [-0.2, -0.15) is 0 Å². The van der Waals surface area contributed by atoms with Gasteiger partial charge in [0, 0.05) is 14.6 Å². The lowest BCUT2D eigenvalue weighted by Gasteiger charge is -2.08. The number of carbonyl (C=O) groups excluding carboxylic acids is 1. The average molecular weight is 399 g/mol. The number of benzene rings is 2. The van der Waals surface area contributed by atoms with Crippen LogP contribution in [0.5, 0.6) is 5.75 Å². The zero-order chi connectivity index (χ0) is 14.5. The zero-order valence-electron chi connectivity index (χ0n) is 10.8. The van der Waals surface area contributed by atoms with E-state index in [-0.39, 0.29) is 5.91 Å². The summed E-state index contributed by atoms with van der Waals surface area (Å²) in [5.41, 5.74) is 1.30. The van der Waals surface area contributed by atoms with E-state index in [2.05, 4.69) is 37.2 Å². The number of nitrogens with one attached hydrogen (secondary N) is 1. The third kappa shape index (κ3) is 3.84. The lowest BCUT2D eigenvalue weighted by molar-refractivity contribution is 0.102. The Hall–Kier alpha value is -1.33. The smallest absolute Gasteiger partial charge is 0.256 e. The first kappa shape index (κ1) is 15.1. The molecule has 1 N–H and O–H groups in total. The molecule has 0 aromatic heterocycles. The van der Waals surface area contributed by atoms with Crippen molar-refractivity contribution in [2.24, 2.45) is 0 Å². The van der Waals surface area contributed by atoms with Gasteiger partial charge in [-0.3, -0.25) is 4.79 Å². The quantitative estimate of drug-likeness (QED) is 0.798. The summed E-state index contributed by atoms with van der Waals surface area (Å²) in [6, 6.07) is 12.8. The first-order chi connectivity index (χ1) is 9.60. The molecule has 0 saturated carbocycles. The van der Waals surface area contributed by atoms with Gasteiger partial charge in [0.15, 0.2) is 0 Å². The van der Waals surface area contributed by atoms with Crippen molar-refractivity contribution in [3.8, 4) is 5.75 Å².